The van der Waals surface area contributed by atoms with Gasteiger partial charge in [-0.05, 0) is 32.9 Å². The highest BCUT2D eigenvalue weighted by atomic mass is 31.1. The molecule has 0 aromatic rings. The predicted octanol–water partition coefficient (Wildman–Crippen LogP) is 2.16. The molecule has 0 amide bonds. The highest BCUT2D eigenvalue weighted by Crippen LogP contribution is 2.16. The molecule has 0 aliphatic rings. The van der Waals surface area contributed by atoms with Crippen molar-refractivity contribution in [2.24, 2.45) is 4.99 Å². The van der Waals surface area contributed by atoms with Crippen LogP contribution in [0.1, 0.15) is 26.2 Å². The van der Waals surface area contributed by atoms with Gasteiger partial charge in [0.25, 0.3) is 0 Å². The molecule has 0 radical (unpaired) electrons. The average molecular weight is 205 g/mol. The Balaban J connectivity index is 3.35. The molecule has 4 nitrogen and oxygen atoms in total. The predicted molar refractivity (Wildman–Crippen MR) is 54.3 cm³/mol. The van der Waals surface area contributed by atoms with Gasteiger partial charge in [-0.15, -0.1) is 0 Å². The SMILES string of the molecule is C=N/C(=C\C)CCCCO[PH](=O)O. The molecule has 1 unspecified atom stereocenters. The van der Waals surface area contributed by atoms with E-state index in [-0.39, 0.29) is 0 Å². The van der Waals surface area contributed by atoms with Crippen LogP contribution in [0.15, 0.2) is 16.8 Å². The van der Waals surface area contributed by atoms with Crippen LogP contribution in [0.25, 0.3) is 0 Å². The van der Waals surface area contributed by atoms with E-state index in [0.717, 1.165) is 25.0 Å². The van der Waals surface area contributed by atoms with Crippen LogP contribution in [0.4, 0.5) is 0 Å². The summed E-state index contributed by atoms with van der Waals surface area (Å²) >= 11 is 0. The van der Waals surface area contributed by atoms with E-state index >= 15 is 0 Å². The van der Waals surface area contributed by atoms with Gasteiger partial charge < -0.3 is 9.42 Å². The van der Waals surface area contributed by atoms with E-state index in [1.165, 1.54) is 0 Å². The van der Waals surface area contributed by atoms with Gasteiger partial charge in [-0.1, -0.05) is 6.08 Å². The number of aliphatic imine (C=N–C) groups is 1. The maximum Gasteiger partial charge on any atom is 0.316 e. The molecule has 76 valence electrons. The molecule has 0 saturated carbocycles. The van der Waals surface area contributed by atoms with E-state index < -0.39 is 8.25 Å². The number of hydrogen-bond donors (Lipinski definition) is 1. The van der Waals surface area contributed by atoms with Crippen LogP contribution in [-0.4, -0.2) is 18.2 Å². The van der Waals surface area contributed by atoms with E-state index in [1.54, 1.807) is 0 Å². The van der Waals surface area contributed by atoms with Crippen molar-refractivity contribution >= 4 is 15.0 Å². The molecule has 1 atom stereocenters. The Kier molecular flexibility index (Phi) is 7.90. The van der Waals surface area contributed by atoms with E-state index in [4.69, 9.17) is 4.89 Å². The Morgan fingerprint density at radius 3 is 2.85 bits per heavy atom. The van der Waals surface area contributed by atoms with Gasteiger partial charge in [0.15, 0.2) is 0 Å². The quantitative estimate of drug-likeness (QED) is 0.393. The molecule has 0 aliphatic carbocycles. The standard InChI is InChI=1S/C8H16NO3P/c1-3-8(9-2)6-4-5-7-12-13(10)11/h3,13H,2,4-7H2,1H3,(H,10,11)/b8-3-. The Morgan fingerprint density at radius 2 is 2.38 bits per heavy atom. The fourth-order valence-corrected chi connectivity index (χ4v) is 1.20. The molecule has 0 spiro atoms. The lowest BCUT2D eigenvalue weighted by Crippen LogP contribution is -1.87. The molecule has 0 aromatic carbocycles. The van der Waals surface area contributed by atoms with Gasteiger partial charge >= 0.3 is 8.25 Å². The third-order valence-corrected chi connectivity index (χ3v) is 2.04. The lowest BCUT2D eigenvalue weighted by molar-refractivity contribution is 0.275. The summed E-state index contributed by atoms with van der Waals surface area (Å²) in [6, 6.07) is 0. The van der Waals surface area contributed by atoms with Crippen LogP contribution in [-0.2, 0) is 9.09 Å². The monoisotopic (exact) mass is 205 g/mol. The number of allylic oxidation sites excluding steroid dienone is 2. The van der Waals surface area contributed by atoms with Gasteiger partial charge in [-0.2, -0.15) is 0 Å². The first kappa shape index (κ1) is 12.6. The first-order valence-corrected chi connectivity index (χ1v) is 5.44. The Labute approximate surface area is 79.3 Å². The molecule has 0 heterocycles. The van der Waals surface area contributed by atoms with Crippen molar-refractivity contribution in [2.75, 3.05) is 6.61 Å². The Hall–Kier alpha value is -0.440. The summed E-state index contributed by atoms with van der Waals surface area (Å²) in [5, 5.41) is 0. The molecule has 0 saturated heterocycles. The zero-order chi connectivity index (χ0) is 10.1. The molecule has 5 heteroatoms. The normalized spacial score (nSPS) is 14.2. The largest absolute Gasteiger partial charge is 0.326 e. The lowest BCUT2D eigenvalue weighted by atomic mass is 10.2. The first-order valence-electron chi connectivity index (χ1n) is 4.18. The van der Waals surface area contributed by atoms with Crippen LogP contribution < -0.4 is 0 Å². The van der Waals surface area contributed by atoms with E-state index in [1.807, 2.05) is 13.0 Å². The van der Waals surface area contributed by atoms with Crippen molar-refractivity contribution in [1.29, 1.82) is 0 Å². The molecule has 0 aromatic heterocycles. The Bertz CT molecular complexity index is 204. The van der Waals surface area contributed by atoms with Crippen molar-refractivity contribution in [3.63, 3.8) is 0 Å². The molecular formula is C8H16NO3P. The van der Waals surface area contributed by atoms with E-state index in [0.29, 0.717) is 6.61 Å². The second-order valence-electron chi connectivity index (χ2n) is 2.51. The highest BCUT2D eigenvalue weighted by Gasteiger charge is 1.95. The number of rotatable bonds is 7. The maximum atomic E-state index is 10.1. The second-order valence-corrected chi connectivity index (χ2v) is 3.33. The number of unbranched alkanes of at least 4 members (excludes halogenated alkanes) is 1. The van der Waals surface area contributed by atoms with Crippen molar-refractivity contribution in [3.05, 3.63) is 11.8 Å². The van der Waals surface area contributed by atoms with Crippen LogP contribution in [0.5, 0.6) is 0 Å². The van der Waals surface area contributed by atoms with Gasteiger partial charge in [0.05, 0.1) is 6.61 Å². The number of nitrogens with zero attached hydrogens (tertiary/aromatic N) is 1. The van der Waals surface area contributed by atoms with Crippen LogP contribution in [0, 0.1) is 0 Å². The van der Waals surface area contributed by atoms with Gasteiger partial charge in [0.1, 0.15) is 0 Å². The minimum atomic E-state index is -2.75. The fraction of sp³-hybridized carbons (Fsp3) is 0.625. The van der Waals surface area contributed by atoms with Crippen molar-refractivity contribution < 1.29 is 14.0 Å². The zero-order valence-electron chi connectivity index (χ0n) is 7.82. The topological polar surface area (TPSA) is 58.9 Å². The molecule has 13 heavy (non-hydrogen) atoms. The summed E-state index contributed by atoms with van der Waals surface area (Å²) in [7, 11) is -2.75. The van der Waals surface area contributed by atoms with Crippen molar-refractivity contribution in [1.82, 2.24) is 0 Å². The third-order valence-electron chi connectivity index (χ3n) is 1.59. The minimum Gasteiger partial charge on any atom is -0.326 e. The van der Waals surface area contributed by atoms with Gasteiger partial charge in [0, 0.05) is 5.70 Å². The highest BCUT2D eigenvalue weighted by molar-refractivity contribution is 7.32. The van der Waals surface area contributed by atoms with Crippen molar-refractivity contribution in [2.45, 2.75) is 26.2 Å². The molecule has 0 fully saturated rings. The summed E-state index contributed by atoms with van der Waals surface area (Å²) in [5.74, 6) is 0. The summed E-state index contributed by atoms with van der Waals surface area (Å²) in [6.45, 7) is 5.67. The van der Waals surface area contributed by atoms with Gasteiger partial charge in [-0.25, -0.2) is 0 Å². The van der Waals surface area contributed by atoms with E-state index in [9.17, 15) is 4.57 Å². The third kappa shape index (κ3) is 7.91. The lowest BCUT2D eigenvalue weighted by Gasteiger charge is -2.00. The fourth-order valence-electron chi connectivity index (χ4n) is 0.882. The van der Waals surface area contributed by atoms with Gasteiger partial charge in [-0.3, -0.25) is 9.56 Å². The van der Waals surface area contributed by atoms with Crippen LogP contribution in [0.2, 0.25) is 0 Å². The molecule has 0 aliphatic heterocycles. The van der Waals surface area contributed by atoms with Crippen LogP contribution in [0.3, 0.4) is 0 Å². The minimum absolute atomic E-state index is 0.336. The molecule has 0 bridgehead atoms. The summed E-state index contributed by atoms with van der Waals surface area (Å²) in [5.41, 5.74) is 0.955. The van der Waals surface area contributed by atoms with Crippen LogP contribution >= 0.6 is 8.25 Å². The van der Waals surface area contributed by atoms with Gasteiger partial charge in [0.2, 0.25) is 0 Å². The molecule has 0 rings (SSSR count). The summed E-state index contributed by atoms with van der Waals surface area (Å²) < 4.78 is 14.7. The average Bonchev–Trinajstić information content (AvgIpc) is 2.11. The summed E-state index contributed by atoms with van der Waals surface area (Å²) in [6.07, 6.45) is 4.41. The molecule has 1 N–H and O–H groups in total. The van der Waals surface area contributed by atoms with E-state index in [2.05, 4.69) is 16.2 Å². The van der Waals surface area contributed by atoms with Crippen molar-refractivity contribution in [3.8, 4) is 0 Å². The smallest absolute Gasteiger partial charge is 0.316 e. The second kappa shape index (κ2) is 8.17. The number of hydrogen-bond acceptors (Lipinski definition) is 3. The summed E-state index contributed by atoms with van der Waals surface area (Å²) in [4.78, 5) is 12.1. The molecular weight excluding hydrogens is 189 g/mol. The zero-order valence-corrected chi connectivity index (χ0v) is 8.82. The Morgan fingerprint density at radius 1 is 1.69 bits per heavy atom. The first-order chi connectivity index (χ1) is 6.20. The maximum absolute atomic E-state index is 10.1.